The molecule has 2 aliphatic carbocycles. The molecule has 1 saturated carbocycles. The second kappa shape index (κ2) is 9.78. The molecular weight excluding hydrogens is 491 g/mol. The maximum Gasteiger partial charge on any atom is 0.178 e. The number of halogens is 1. The highest BCUT2D eigenvalue weighted by Crippen LogP contribution is 2.42. The second-order valence-electron chi connectivity index (χ2n) is 10.3. The molecule has 1 aromatic heterocycles. The zero-order valence-corrected chi connectivity index (χ0v) is 21.7. The zero-order chi connectivity index (χ0) is 25.6. The van der Waals surface area contributed by atoms with Crippen LogP contribution in [0.1, 0.15) is 36.9 Å². The van der Waals surface area contributed by atoms with Gasteiger partial charge < -0.3 is 10.1 Å². The van der Waals surface area contributed by atoms with Crippen molar-refractivity contribution in [2.75, 3.05) is 37.9 Å². The van der Waals surface area contributed by atoms with Crippen LogP contribution < -0.4 is 5.32 Å². The first-order valence-corrected chi connectivity index (χ1v) is 14.8. The number of anilines is 1. The standard InChI is InChI=1S/C28H31FN4O3S/c1-37(34,35)26-9-4-19(15-24(26)29)18-2-3-20-16-25-27(23(20)14-18)28(31-17-30-25)32-21-5-7-22(8-6-21)33-10-12-36-13-11-33/h2-4,9,14-15,17,21-22H,5-8,10-13,16H2,1H3,(H,30,31,32). The molecule has 1 aliphatic heterocycles. The van der Waals surface area contributed by atoms with E-state index in [0.717, 1.165) is 85.6 Å². The summed E-state index contributed by atoms with van der Waals surface area (Å²) in [4.78, 5) is 11.5. The van der Waals surface area contributed by atoms with E-state index in [4.69, 9.17) is 4.74 Å². The van der Waals surface area contributed by atoms with Gasteiger partial charge in [-0.2, -0.15) is 0 Å². The summed E-state index contributed by atoms with van der Waals surface area (Å²) < 4.78 is 43.8. The lowest BCUT2D eigenvalue weighted by Crippen LogP contribution is -2.46. The molecule has 2 heterocycles. The summed E-state index contributed by atoms with van der Waals surface area (Å²) in [5.74, 6) is 0.119. The van der Waals surface area contributed by atoms with Gasteiger partial charge >= 0.3 is 0 Å². The first-order valence-electron chi connectivity index (χ1n) is 12.9. The van der Waals surface area contributed by atoms with Crippen LogP contribution in [0.5, 0.6) is 0 Å². The smallest absolute Gasteiger partial charge is 0.178 e. The van der Waals surface area contributed by atoms with Gasteiger partial charge in [-0.05, 0) is 66.1 Å². The van der Waals surface area contributed by atoms with Gasteiger partial charge in [0.05, 0.1) is 18.9 Å². The Morgan fingerprint density at radius 3 is 2.46 bits per heavy atom. The summed E-state index contributed by atoms with van der Waals surface area (Å²) in [5, 5.41) is 3.72. The van der Waals surface area contributed by atoms with Crippen LogP contribution >= 0.6 is 0 Å². The summed E-state index contributed by atoms with van der Waals surface area (Å²) in [6, 6.07) is 11.3. The molecule has 9 heteroatoms. The SMILES string of the molecule is CS(=O)(=O)c1ccc(-c2ccc3c(c2)-c2c(ncnc2NC2CCC(N4CCOCC4)CC2)C3)cc1F. The van der Waals surface area contributed by atoms with E-state index in [1.807, 2.05) is 18.2 Å². The van der Waals surface area contributed by atoms with E-state index in [1.165, 1.54) is 25.0 Å². The van der Waals surface area contributed by atoms with E-state index in [9.17, 15) is 12.8 Å². The zero-order valence-electron chi connectivity index (χ0n) is 20.9. The Morgan fingerprint density at radius 1 is 1.00 bits per heavy atom. The highest BCUT2D eigenvalue weighted by molar-refractivity contribution is 7.90. The predicted octanol–water partition coefficient (Wildman–Crippen LogP) is 4.31. The van der Waals surface area contributed by atoms with E-state index < -0.39 is 15.7 Å². The summed E-state index contributed by atoms with van der Waals surface area (Å²) in [5.41, 5.74) is 5.67. The van der Waals surface area contributed by atoms with E-state index in [2.05, 4.69) is 20.2 Å². The van der Waals surface area contributed by atoms with Crippen molar-refractivity contribution in [3.63, 3.8) is 0 Å². The molecule has 7 nitrogen and oxygen atoms in total. The first kappa shape index (κ1) is 24.5. The molecule has 2 aromatic carbocycles. The Bertz CT molecular complexity index is 1430. The lowest BCUT2D eigenvalue weighted by atomic mass is 9.89. The van der Waals surface area contributed by atoms with Crippen molar-refractivity contribution < 1.29 is 17.5 Å². The normalized spacial score (nSPS) is 21.9. The molecule has 1 N–H and O–H groups in total. The average Bonchev–Trinajstić information content (AvgIpc) is 3.28. The number of nitrogens with one attached hydrogen (secondary N) is 1. The minimum Gasteiger partial charge on any atom is -0.379 e. The maximum atomic E-state index is 14.6. The van der Waals surface area contributed by atoms with Crippen molar-refractivity contribution in [1.29, 1.82) is 0 Å². The molecule has 0 amide bonds. The van der Waals surface area contributed by atoms with Gasteiger partial charge in [0, 0.05) is 43.4 Å². The largest absolute Gasteiger partial charge is 0.379 e. The predicted molar refractivity (Wildman–Crippen MR) is 141 cm³/mol. The molecule has 1 saturated heterocycles. The lowest BCUT2D eigenvalue weighted by Gasteiger charge is -2.39. The van der Waals surface area contributed by atoms with Crippen LogP contribution in [0.3, 0.4) is 0 Å². The van der Waals surface area contributed by atoms with Gasteiger partial charge in [0.1, 0.15) is 22.9 Å². The maximum absolute atomic E-state index is 14.6. The van der Waals surface area contributed by atoms with Gasteiger partial charge in [0.2, 0.25) is 0 Å². The minimum atomic E-state index is -3.62. The molecule has 6 rings (SSSR count). The molecule has 3 aromatic rings. The number of nitrogens with zero attached hydrogens (tertiary/aromatic N) is 3. The molecule has 0 bridgehead atoms. The Balaban J connectivity index is 1.24. The third kappa shape index (κ3) is 4.87. The van der Waals surface area contributed by atoms with Gasteiger partial charge in [0.25, 0.3) is 0 Å². The summed E-state index contributed by atoms with van der Waals surface area (Å²) in [7, 11) is -3.62. The van der Waals surface area contributed by atoms with Crippen molar-refractivity contribution in [2.24, 2.45) is 0 Å². The number of hydrogen-bond donors (Lipinski definition) is 1. The van der Waals surface area contributed by atoms with Gasteiger partial charge in [-0.15, -0.1) is 0 Å². The van der Waals surface area contributed by atoms with Crippen molar-refractivity contribution in [3.8, 4) is 22.3 Å². The Labute approximate surface area is 217 Å². The molecular formula is C28H31FN4O3S. The monoisotopic (exact) mass is 522 g/mol. The number of hydrogen-bond acceptors (Lipinski definition) is 7. The third-order valence-corrected chi connectivity index (χ3v) is 9.06. The molecule has 2 fully saturated rings. The van der Waals surface area contributed by atoms with Crippen molar-refractivity contribution in [2.45, 2.75) is 49.1 Å². The fourth-order valence-corrected chi connectivity index (χ4v) is 6.70. The van der Waals surface area contributed by atoms with E-state index >= 15 is 0 Å². The number of benzene rings is 2. The molecule has 0 radical (unpaired) electrons. The minimum absolute atomic E-state index is 0.286. The number of sulfone groups is 1. The second-order valence-corrected chi connectivity index (χ2v) is 12.3. The lowest BCUT2D eigenvalue weighted by molar-refractivity contribution is 0.00791. The average molecular weight is 523 g/mol. The van der Waals surface area contributed by atoms with Crippen LogP contribution in [0.2, 0.25) is 0 Å². The van der Waals surface area contributed by atoms with Crippen molar-refractivity contribution >= 4 is 15.7 Å². The molecule has 0 atom stereocenters. The van der Waals surface area contributed by atoms with Crippen LogP contribution in [0.15, 0.2) is 47.6 Å². The highest BCUT2D eigenvalue weighted by Gasteiger charge is 2.29. The van der Waals surface area contributed by atoms with Crippen LogP contribution in [-0.4, -0.2) is 67.9 Å². The number of morpholine rings is 1. The number of rotatable bonds is 5. The van der Waals surface area contributed by atoms with E-state index in [-0.39, 0.29) is 4.90 Å². The fraction of sp³-hybridized carbons (Fsp3) is 0.429. The van der Waals surface area contributed by atoms with Crippen molar-refractivity contribution in [3.05, 3.63) is 59.8 Å². The Hall–Kier alpha value is -2.88. The third-order valence-electron chi connectivity index (χ3n) is 7.93. The fourth-order valence-electron chi connectivity index (χ4n) is 5.97. The Kier molecular flexibility index (Phi) is 6.46. The van der Waals surface area contributed by atoms with Gasteiger partial charge in [-0.3, -0.25) is 4.90 Å². The molecule has 0 spiro atoms. The molecule has 0 unspecified atom stereocenters. The molecule has 194 valence electrons. The molecule has 3 aliphatic rings. The number of aromatic nitrogens is 2. The summed E-state index contributed by atoms with van der Waals surface area (Å²) >= 11 is 0. The van der Waals surface area contributed by atoms with Gasteiger partial charge in [-0.25, -0.2) is 22.8 Å². The quantitative estimate of drug-likeness (QED) is 0.418. The van der Waals surface area contributed by atoms with Crippen molar-refractivity contribution in [1.82, 2.24) is 14.9 Å². The topological polar surface area (TPSA) is 84.4 Å². The van der Waals surface area contributed by atoms with Crippen LogP contribution in [0.25, 0.3) is 22.3 Å². The number of fused-ring (bicyclic) bond motifs is 3. The van der Waals surface area contributed by atoms with E-state index in [0.29, 0.717) is 17.6 Å². The first-order chi connectivity index (χ1) is 17.9. The van der Waals surface area contributed by atoms with Crippen LogP contribution in [0, 0.1) is 5.82 Å². The Morgan fingerprint density at radius 2 is 1.73 bits per heavy atom. The summed E-state index contributed by atoms with van der Waals surface area (Å²) in [6.45, 7) is 3.73. The van der Waals surface area contributed by atoms with Crippen LogP contribution in [-0.2, 0) is 21.0 Å². The van der Waals surface area contributed by atoms with E-state index in [1.54, 1.807) is 12.4 Å². The highest BCUT2D eigenvalue weighted by atomic mass is 32.2. The van der Waals surface area contributed by atoms with Gasteiger partial charge in [-0.1, -0.05) is 18.2 Å². The van der Waals surface area contributed by atoms with Gasteiger partial charge in [0.15, 0.2) is 9.84 Å². The van der Waals surface area contributed by atoms with Crippen LogP contribution in [0.4, 0.5) is 10.2 Å². The molecule has 37 heavy (non-hydrogen) atoms. The number of ether oxygens (including phenoxy) is 1. The summed E-state index contributed by atoms with van der Waals surface area (Å²) in [6.07, 6.45) is 7.90.